The standard InChI is InChI=1S/C21H20N.C20H26N3Si.Ir/c1-16(2)13-19-14-21(18-11-7-4-8-12-18)22-15-20(19)17-9-5-3-6-10-17;1-13-21-10-18(11-22-13)19-9-17(20(12-23-19)24(2,3)4)8-16-7-14-5-15(16)6-14;/h3-11,14-16H,13H2,1-2H3;9-10,12,14-16H,5-8H2,1-4H3;/q2*-1;. The van der Waals surface area contributed by atoms with E-state index in [4.69, 9.17) is 4.98 Å². The molecule has 1 radical (unpaired) electrons. The molecule has 245 valence electrons. The number of hydrogen-bond acceptors (Lipinski definition) is 4. The molecule has 8 rings (SSSR count). The largest absolute Gasteiger partial charge is 0.338 e. The Labute approximate surface area is 296 Å². The molecular weight excluding hydrogens is 769 g/mol. The average Bonchev–Trinajstić information content (AvgIpc) is 3.62. The Morgan fingerprint density at radius 3 is 2.13 bits per heavy atom. The number of rotatable bonds is 8. The Balaban J connectivity index is 0.000000181. The van der Waals surface area contributed by atoms with Crippen LogP contribution in [0.2, 0.25) is 19.6 Å². The van der Waals surface area contributed by atoms with Crippen molar-refractivity contribution in [3.8, 4) is 33.6 Å². The maximum absolute atomic E-state index is 4.73. The van der Waals surface area contributed by atoms with Gasteiger partial charge in [-0.15, -0.1) is 35.9 Å². The summed E-state index contributed by atoms with van der Waals surface area (Å²) >= 11 is 0. The summed E-state index contributed by atoms with van der Waals surface area (Å²) in [6.45, 7) is 13.7. The summed E-state index contributed by atoms with van der Waals surface area (Å²) < 4.78 is 0. The van der Waals surface area contributed by atoms with Crippen molar-refractivity contribution in [2.75, 3.05) is 0 Å². The van der Waals surface area contributed by atoms with Crippen LogP contribution in [-0.4, -0.2) is 28.0 Å². The fourth-order valence-electron chi connectivity index (χ4n) is 7.17. The van der Waals surface area contributed by atoms with Crippen molar-refractivity contribution < 1.29 is 20.1 Å². The Morgan fingerprint density at radius 2 is 1.51 bits per heavy atom. The predicted octanol–water partition coefficient (Wildman–Crippen LogP) is 9.19. The third kappa shape index (κ3) is 8.59. The van der Waals surface area contributed by atoms with Gasteiger partial charge in [0.05, 0.1) is 8.07 Å². The summed E-state index contributed by atoms with van der Waals surface area (Å²) in [6.07, 6.45) is 15.7. The molecule has 0 saturated heterocycles. The molecule has 2 bridgehead atoms. The van der Waals surface area contributed by atoms with E-state index in [9.17, 15) is 0 Å². The van der Waals surface area contributed by atoms with Gasteiger partial charge in [-0.05, 0) is 96.6 Å². The summed E-state index contributed by atoms with van der Waals surface area (Å²) in [5.41, 5.74) is 9.25. The summed E-state index contributed by atoms with van der Waals surface area (Å²) in [7, 11) is -1.39. The molecule has 5 aromatic rings. The number of aromatic nitrogens is 4. The van der Waals surface area contributed by atoms with E-state index in [0.717, 1.165) is 52.5 Å². The number of hydrogen-bond donors (Lipinski definition) is 0. The molecule has 3 heterocycles. The minimum atomic E-state index is -1.39. The summed E-state index contributed by atoms with van der Waals surface area (Å²) in [5, 5.41) is 1.52. The van der Waals surface area contributed by atoms with Crippen molar-refractivity contribution in [2.24, 2.45) is 23.7 Å². The summed E-state index contributed by atoms with van der Waals surface area (Å²) in [6, 6.07) is 26.3. The van der Waals surface area contributed by atoms with Crippen molar-refractivity contribution in [1.82, 2.24) is 19.9 Å². The van der Waals surface area contributed by atoms with Crippen LogP contribution in [0.15, 0.2) is 85.3 Å². The van der Waals surface area contributed by atoms with Gasteiger partial charge in [0, 0.05) is 43.9 Å². The molecule has 3 fully saturated rings. The zero-order valence-corrected chi connectivity index (χ0v) is 31.9. The van der Waals surface area contributed by atoms with Gasteiger partial charge in [-0.2, -0.15) is 0 Å². The van der Waals surface area contributed by atoms with E-state index in [2.05, 4.69) is 109 Å². The van der Waals surface area contributed by atoms with E-state index >= 15 is 0 Å². The molecule has 47 heavy (non-hydrogen) atoms. The van der Waals surface area contributed by atoms with Crippen LogP contribution in [0.3, 0.4) is 0 Å². The Kier molecular flexibility index (Phi) is 11.4. The van der Waals surface area contributed by atoms with Gasteiger partial charge in [0.1, 0.15) is 0 Å². The summed E-state index contributed by atoms with van der Waals surface area (Å²) in [4.78, 5) is 17.9. The normalized spacial score (nSPS) is 18.1. The van der Waals surface area contributed by atoms with Crippen LogP contribution in [0.25, 0.3) is 33.6 Å². The first-order valence-corrected chi connectivity index (χ1v) is 20.4. The number of fused-ring (bicyclic) bond motifs is 1. The molecule has 3 aliphatic rings. The van der Waals surface area contributed by atoms with E-state index < -0.39 is 8.07 Å². The van der Waals surface area contributed by atoms with E-state index in [1.165, 1.54) is 53.1 Å². The second kappa shape index (κ2) is 15.3. The SMILES string of the molecule is CC(C)Cc1cc(-c2[c-]cccc2)ncc1-c1ccccc1.Cc1n[c-]c(-c2cc(CC3CC4CC3C4)c([Si](C)(C)C)cn2)cn1.[Ir]. The van der Waals surface area contributed by atoms with Gasteiger partial charge in [-0.1, -0.05) is 93.3 Å². The van der Waals surface area contributed by atoms with Gasteiger partial charge < -0.3 is 19.9 Å². The number of nitrogens with zero attached hydrogens (tertiary/aromatic N) is 4. The molecule has 0 aliphatic heterocycles. The molecule has 4 nitrogen and oxygen atoms in total. The quantitative estimate of drug-likeness (QED) is 0.116. The van der Waals surface area contributed by atoms with Gasteiger partial charge in [0.25, 0.3) is 0 Å². The molecule has 1 atom stereocenters. The monoisotopic (exact) mass is 815 g/mol. The molecule has 0 N–H and O–H groups in total. The zero-order chi connectivity index (χ0) is 32.3. The smallest absolute Gasteiger partial charge is 0.0798 e. The Morgan fingerprint density at radius 1 is 0.809 bits per heavy atom. The number of aryl methyl sites for hydroxylation is 1. The second-order valence-corrected chi connectivity index (χ2v) is 19.7. The van der Waals surface area contributed by atoms with E-state index in [-0.39, 0.29) is 20.1 Å². The van der Waals surface area contributed by atoms with Crippen LogP contribution in [-0.2, 0) is 32.9 Å². The van der Waals surface area contributed by atoms with Crippen LogP contribution < -0.4 is 5.19 Å². The molecule has 0 spiro atoms. The van der Waals surface area contributed by atoms with E-state index in [1.807, 2.05) is 43.6 Å². The van der Waals surface area contributed by atoms with Gasteiger partial charge in [0.15, 0.2) is 0 Å². The average molecular weight is 815 g/mol. The molecule has 2 aromatic carbocycles. The van der Waals surface area contributed by atoms with Crippen LogP contribution in [0.4, 0.5) is 0 Å². The van der Waals surface area contributed by atoms with Crippen molar-refractivity contribution in [3.05, 3.63) is 115 Å². The fourth-order valence-corrected chi connectivity index (χ4v) is 8.76. The molecular formula is C41H46IrN4Si-2. The van der Waals surface area contributed by atoms with E-state index in [0.29, 0.717) is 5.92 Å². The third-order valence-corrected chi connectivity index (χ3v) is 11.6. The number of pyridine rings is 2. The van der Waals surface area contributed by atoms with Gasteiger partial charge in [-0.3, -0.25) is 0 Å². The fraction of sp³-hybridized carbons (Fsp3) is 0.366. The van der Waals surface area contributed by atoms with Crippen LogP contribution in [0.1, 0.15) is 50.1 Å². The summed E-state index contributed by atoms with van der Waals surface area (Å²) in [5.74, 6) is 4.25. The first kappa shape index (κ1) is 35.0. The molecule has 6 heteroatoms. The van der Waals surface area contributed by atoms with Gasteiger partial charge in [0.2, 0.25) is 0 Å². The van der Waals surface area contributed by atoms with Crippen LogP contribution in [0, 0.1) is 42.9 Å². The molecule has 1 unspecified atom stereocenters. The topological polar surface area (TPSA) is 51.6 Å². The van der Waals surface area contributed by atoms with Crippen molar-refractivity contribution in [3.63, 3.8) is 0 Å². The number of benzene rings is 2. The first-order valence-electron chi connectivity index (χ1n) is 16.9. The molecule has 3 aromatic heterocycles. The first-order chi connectivity index (χ1) is 22.1. The maximum Gasteiger partial charge on any atom is 0.0798 e. The minimum Gasteiger partial charge on any atom is -0.338 e. The van der Waals surface area contributed by atoms with Crippen LogP contribution in [0.5, 0.6) is 0 Å². The van der Waals surface area contributed by atoms with Gasteiger partial charge >= 0.3 is 0 Å². The maximum atomic E-state index is 4.73. The van der Waals surface area contributed by atoms with Crippen LogP contribution >= 0.6 is 0 Å². The van der Waals surface area contributed by atoms with Crippen molar-refractivity contribution in [2.45, 2.75) is 72.5 Å². The second-order valence-electron chi connectivity index (χ2n) is 14.7. The third-order valence-electron chi connectivity index (χ3n) is 9.54. The van der Waals surface area contributed by atoms with Crippen molar-refractivity contribution >= 4 is 13.3 Å². The Hall–Kier alpha value is -3.31. The minimum absolute atomic E-state index is 0. The Bertz CT molecular complexity index is 1750. The zero-order valence-electron chi connectivity index (χ0n) is 28.6. The van der Waals surface area contributed by atoms with Gasteiger partial charge in [-0.25, -0.2) is 0 Å². The molecule has 3 saturated carbocycles. The molecule has 0 amide bonds. The predicted molar refractivity (Wildman–Crippen MR) is 192 cm³/mol. The van der Waals surface area contributed by atoms with E-state index in [1.54, 1.807) is 0 Å². The molecule has 3 aliphatic carbocycles. The van der Waals surface area contributed by atoms with Crippen molar-refractivity contribution in [1.29, 1.82) is 0 Å².